The summed E-state index contributed by atoms with van der Waals surface area (Å²) in [6, 6.07) is 12.8. The number of hydrogen-bond donors (Lipinski definition) is 1. The fourth-order valence-electron chi connectivity index (χ4n) is 3.72. The van der Waals surface area contributed by atoms with Crippen LogP contribution in [0.15, 0.2) is 48.5 Å². The van der Waals surface area contributed by atoms with E-state index >= 15 is 0 Å². The molecule has 0 radical (unpaired) electrons. The van der Waals surface area contributed by atoms with Crippen LogP contribution >= 0.6 is 0 Å². The lowest BCUT2D eigenvalue weighted by Gasteiger charge is -2.46. The van der Waals surface area contributed by atoms with E-state index in [-0.39, 0.29) is 37.7 Å². The van der Waals surface area contributed by atoms with Crippen molar-refractivity contribution in [1.29, 1.82) is 0 Å². The average Bonchev–Trinajstić information content (AvgIpc) is 2.81. The van der Waals surface area contributed by atoms with E-state index in [1.165, 1.54) is 24.0 Å². The Balaban J connectivity index is 1.88. The van der Waals surface area contributed by atoms with Crippen LogP contribution in [-0.4, -0.2) is 60.9 Å². The van der Waals surface area contributed by atoms with Crippen LogP contribution < -0.4 is 10.1 Å². The van der Waals surface area contributed by atoms with Gasteiger partial charge in [0.1, 0.15) is 17.1 Å². The number of halogens is 1. The molecule has 1 aliphatic heterocycles. The van der Waals surface area contributed by atoms with Crippen LogP contribution in [0.4, 0.5) is 4.39 Å². The van der Waals surface area contributed by atoms with Crippen LogP contribution in [-0.2, 0) is 32.7 Å². The Morgan fingerprint density at radius 3 is 2.30 bits per heavy atom. The predicted octanol–water partition coefficient (Wildman–Crippen LogP) is 1.90. The van der Waals surface area contributed by atoms with E-state index in [0.717, 1.165) is 9.87 Å². The maximum absolute atomic E-state index is 13.3. The smallest absolute Gasteiger partial charge is 0.247 e. The summed E-state index contributed by atoms with van der Waals surface area (Å²) in [5, 5.41) is 2.78. The third-order valence-electron chi connectivity index (χ3n) is 5.81. The summed E-state index contributed by atoms with van der Waals surface area (Å²) in [6.45, 7) is 2.80. The van der Waals surface area contributed by atoms with Gasteiger partial charge in [0.15, 0.2) is 0 Å². The molecule has 10 heteroatoms. The lowest BCUT2D eigenvalue weighted by molar-refractivity contribution is -0.153. The van der Waals surface area contributed by atoms with E-state index in [0.29, 0.717) is 11.3 Å². The number of methoxy groups -OCH3 is 1. The van der Waals surface area contributed by atoms with E-state index in [9.17, 15) is 22.4 Å². The average molecular weight is 478 g/mol. The Hall–Kier alpha value is -2.98. The molecule has 33 heavy (non-hydrogen) atoms. The number of ether oxygens (including phenoxy) is 1. The number of nitrogens with one attached hydrogen (secondary N) is 1. The SMILES string of the molecule is CCS(=O)(=O)N1CC(=O)N(Cc2ccc(OC)cc2)C(C)(C(=O)NCc2ccc(F)cc2)C1. The van der Waals surface area contributed by atoms with Crippen molar-refractivity contribution in [1.82, 2.24) is 14.5 Å². The molecule has 2 aromatic carbocycles. The number of carbonyl (C=O) groups is 2. The number of hydrogen-bond acceptors (Lipinski definition) is 5. The standard InChI is InChI=1S/C23H28FN3O5S/c1-4-33(30,31)26-15-21(28)27(14-18-7-11-20(32-3)12-8-18)23(2,16-26)22(29)25-13-17-5-9-19(24)10-6-17/h5-12H,4,13-16H2,1-3H3,(H,25,29). The topological polar surface area (TPSA) is 96.0 Å². The van der Waals surface area contributed by atoms with Crippen molar-refractivity contribution in [2.24, 2.45) is 0 Å². The van der Waals surface area contributed by atoms with Gasteiger partial charge in [0.05, 0.1) is 19.4 Å². The lowest BCUT2D eigenvalue weighted by atomic mass is 9.94. The van der Waals surface area contributed by atoms with Crippen LogP contribution in [0.25, 0.3) is 0 Å². The van der Waals surface area contributed by atoms with Crippen LogP contribution in [0.3, 0.4) is 0 Å². The molecule has 0 aliphatic carbocycles. The highest BCUT2D eigenvalue weighted by Crippen LogP contribution is 2.28. The monoisotopic (exact) mass is 477 g/mol. The number of benzene rings is 2. The molecule has 0 spiro atoms. The Kier molecular flexibility index (Phi) is 7.38. The minimum absolute atomic E-state index is 0.111. The highest BCUT2D eigenvalue weighted by Gasteiger charge is 2.49. The molecule has 1 atom stereocenters. The zero-order valence-corrected chi connectivity index (χ0v) is 19.7. The molecule has 2 aromatic rings. The van der Waals surface area contributed by atoms with Crippen molar-refractivity contribution >= 4 is 21.8 Å². The molecule has 0 bridgehead atoms. The normalized spacial score (nSPS) is 19.4. The summed E-state index contributed by atoms with van der Waals surface area (Å²) in [5.41, 5.74) is 0.00101. The molecule has 0 saturated carbocycles. The molecule has 1 N–H and O–H groups in total. The lowest BCUT2D eigenvalue weighted by Crippen LogP contribution is -2.69. The van der Waals surface area contributed by atoms with E-state index in [1.54, 1.807) is 50.4 Å². The summed E-state index contributed by atoms with van der Waals surface area (Å²) in [4.78, 5) is 27.9. The Bertz CT molecular complexity index is 1110. The first kappa shape index (κ1) is 24.7. The number of carbonyl (C=O) groups excluding carboxylic acids is 2. The molecule has 178 valence electrons. The second kappa shape index (κ2) is 9.88. The molecule has 1 unspecified atom stereocenters. The molecule has 2 amide bonds. The van der Waals surface area contributed by atoms with Crippen LogP contribution in [0.1, 0.15) is 25.0 Å². The van der Waals surface area contributed by atoms with Crippen molar-refractivity contribution in [2.75, 3.05) is 26.0 Å². The number of sulfonamides is 1. The minimum Gasteiger partial charge on any atom is -0.497 e. The van der Waals surface area contributed by atoms with Crippen molar-refractivity contribution in [2.45, 2.75) is 32.5 Å². The number of rotatable bonds is 8. The zero-order valence-electron chi connectivity index (χ0n) is 18.9. The number of amides is 2. The van der Waals surface area contributed by atoms with Crippen LogP contribution in [0.5, 0.6) is 5.75 Å². The second-order valence-electron chi connectivity index (χ2n) is 8.08. The summed E-state index contributed by atoms with van der Waals surface area (Å²) in [7, 11) is -2.14. The largest absolute Gasteiger partial charge is 0.497 e. The summed E-state index contributed by atoms with van der Waals surface area (Å²) < 4.78 is 44.5. The van der Waals surface area contributed by atoms with Crippen LogP contribution in [0, 0.1) is 5.82 Å². The molecule has 3 rings (SSSR count). The van der Waals surface area contributed by atoms with Crippen molar-refractivity contribution in [3.05, 3.63) is 65.5 Å². The summed E-state index contributed by atoms with van der Waals surface area (Å²) >= 11 is 0. The quantitative estimate of drug-likeness (QED) is 0.627. The summed E-state index contributed by atoms with van der Waals surface area (Å²) in [6.07, 6.45) is 0. The predicted molar refractivity (Wildman–Crippen MR) is 121 cm³/mol. The molecular formula is C23H28FN3O5S. The highest BCUT2D eigenvalue weighted by molar-refractivity contribution is 7.89. The maximum atomic E-state index is 13.3. The van der Waals surface area contributed by atoms with Gasteiger partial charge in [-0.1, -0.05) is 24.3 Å². The molecule has 1 saturated heterocycles. The first-order valence-electron chi connectivity index (χ1n) is 10.5. The van der Waals surface area contributed by atoms with Crippen molar-refractivity contribution < 1.29 is 27.1 Å². The Morgan fingerprint density at radius 2 is 1.73 bits per heavy atom. The van der Waals surface area contributed by atoms with Gasteiger partial charge in [0.2, 0.25) is 21.8 Å². The van der Waals surface area contributed by atoms with Gasteiger partial charge in [-0.2, -0.15) is 4.31 Å². The van der Waals surface area contributed by atoms with E-state index < -0.39 is 27.4 Å². The molecule has 8 nitrogen and oxygen atoms in total. The van der Waals surface area contributed by atoms with Gasteiger partial charge in [-0.25, -0.2) is 12.8 Å². The van der Waals surface area contributed by atoms with E-state index in [4.69, 9.17) is 4.74 Å². The van der Waals surface area contributed by atoms with Gasteiger partial charge in [0.25, 0.3) is 0 Å². The van der Waals surface area contributed by atoms with Gasteiger partial charge < -0.3 is 15.0 Å². The second-order valence-corrected chi connectivity index (χ2v) is 10.3. The van der Waals surface area contributed by atoms with Crippen molar-refractivity contribution in [3.63, 3.8) is 0 Å². The van der Waals surface area contributed by atoms with Gasteiger partial charge in [0, 0.05) is 19.6 Å². The Morgan fingerprint density at radius 1 is 1.12 bits per heavy atom. The first-order chi connectivity index (χ1) is 15.6. The van der Waals surface area contributed by atoms with Gasteiger partial charge in [-0.3, -0.25) is 9.59 Å². The molecule has 1 aliphatic rings. The van der Waals surface area contributed by atoms with Gasteiger partial charge >= 0.3 is 0 Å². The fourth-order valence-corrected chi connectivity index (χ4v) is 4.84. The number of piperazine rings is 1. The van der Waals surface area contributed by atoms with Crippen LogP contribution in [0.2, 0.25) is 0 Å². The first-order valence-corrected chi connectivity index (χ1v) is 12.1. The molecular weight excluding hydrogens is 449 g/mol. The van der Waals surface area contributed by atoms with Crippen molar-refractivity contribution in [3.8, 4) is 5.75 Å². The maximum Gasteiger partial charge on any atom is 0.247 e. The third-order valence-corrected chi connectivity index (χ3v) is 7.58. The molecule has 1 heterocycles. The molecule has 1 fully saturated rings. The summed E-state index contributed by atoms with van der Waals surface area (Å²) in [5.74, 6) is -0.866. The minimum atomic E-state index is -3.69. The van der Waals surface area contributed by atoms with Gasteiger partial charge in [-0.15, -0.1) is 0 Å². The Labute approximate surface area is 193 Å². The number of nitrogens with zero attached hydrogens (tertiary/aromatic N) is 2. The van der Waals surface area contributed by atoms with Gasteiger partial charge in [-0.05, 0) is 49.2 Å². The molecule has 0 aromatic heterocycles. The highest BCUT2D eigenvalue weighted by atomic mass is 32.2. The van der Waals surface area contributed by atoms with E-state index in [2.05, 4.69) is 5.32 Å². The third kappa shape index (κ3) is 5.51. The fraction of sp³-hybridized carbons (Fsp3) is 0.391. The van der Waals surface area contributed by atoms with E-state index in [1.807, 2.05) is 0 Å². The zero-order chi connectivity index (χ0) is 24.2.